The molecule has 0 radical (unpaired) electrons. The van der Waals surface area contributed by atoms with Gasteiger partial charge in [0.25, 0.3) is 0 Å². The van der Waals surface area contributed by atoms with Crippen LogP contribution in [-0.2, 0) is 12.1 Å². The van der Waals surface area contributed by atoms with Crippen LogP contribution in [0.1, 0.15) is 18.5 Å². The first-order chi connectivity index (χ1) is 17.9. The summed E-state index contributed by atoms with van der Waals surface area (Å²) in [6, 6.07) is 6.37. The molecule has 0 saturated carbocycles. The molecule has 0 saturated heterocycles. The van der Waals surface area contributed by atoms with E-state index in [1.54, 1.807) is 0 Å². The van der Waals surface area contributed by atoms with Gasteiger partial charge in [-0.05, 0) is 37.3 Å². The fourth-order valence-corrected chi connectivity index (χ4v) is 3.75. The molecule has 38 heavy (non-hydrogen) atoms. The standard InChI is InChI=1S/C23H20F6N6O3/c1-14(22(37,9-33-12-30-11-31-33)18-7-2-15(24)8-19(18)25)35-21(36)34(13-32-35)16-3-5-17(6-4-16)38-10-23(28,29)20(26)27/h2-8,11-14,20,37H,9-10H2,1H3/t14-,22-/m1/s1. The lowest BCUT2D eigenvalue weighted by Gasteiger charge is -2.34. The third-order valence-electron chi connectivity index (χ3n) is 5.88. The normalized spacial score (nSPS) is 14.4. The number of benzene rings is 2. The molecule has 4 rings (SSSR count). The van der Waals surface area contributed by atoms with Gasteiger partial charge in [-0.25, -0.2) is 41.3 Å². The summed E-state index contributed by atoms with van der Waals surface area (Å²) in [5.74, 6) is -6.40. The van der Waals surface area contributed by atoms with E-state index in [2.05, 4.69) is 15.2 Å². The van der Waals surface area contributed by atoms with Gasteiger partial charge in [-0.3, -0.25) is 0 Å². The lowest BCUT2D eigenvalue weighted by atomic mass is 9.86. The minimum atomic E-state index is -4.33. The second kappa shape index (κ2) is 10.3. The first kappa shape index (κ1) is 26.9. The van der Waals surface area contributed by atoms with Crippen molar-refractivity contribution in [1.82, 2.24) is 29.1 Å². The molecule has 2 aromatic heterocycles. The minimum absolute atomic E-state index is 0.142. The molecule has 202 valence electrons. The largest absolute Gasteiger partial charge is 0.487 e. The first-order valence-corrected chi connectivity index (χ1v) is 11.0. The van der Waals surface area contributed by atoms with Crippen LogP contribution in [0.2, 0.25) is 0 Å². The molecular formula is C23H20F6N6O3. The van der Waals surface area contributed by atoms with Gasteiger partial charge in [0.05, 0.1) is 18.3 Å². The van der Waals surface area contributed by atoms with E-state index in [-0.39, 0.29) is 23.5 Å². The van der Waals surface area contributed by atoms with E-state index >= 15 is 0 Å². The average Bonchev–Trinajstić information content (AvgIpc) is 3.52. The minimum Gasteiger partial charge on any atom is -0.487 e. The average molecular weight is 542 g/mol. The van der Waals surface area contributed by atoms with E-state index in [9.17, 15) is 36.2 Å². The van der Waals surface area contributed by atoms with Crippen molar-refractivity contribution in [3.8, 4) is 11.4 Å². The molecule has 0 aliphatic heterocycles. The van der Waals surface area contributed by atoms with E-state index < -0.39 is 47.9 Å². The van der Waals surface area contributed by atoms with Crippen LogP contribution in [0.5, 0.6) is 5.75 Å². The number of hydrogen-bond donors (Lipinski definition) is 1. The highest BCUT2D eigenvalue weighted by molar-refractivity contribution is 5.37. The molecule has 1 N–H and O–H groups in total. The van der Waals surface area contributed by atoms with Gasteiger partial charge >= 0.3 is 18.0 Å². The van der Waals surface area contributed by atoms with E-state index in [0.29, 0.717) is 6.07 Å². The molecule has 0 amide bonds. The van der Waals surface area contributed by atoms with E-state index in [1.807, 2.05) is 0 Å². The van der Waals surface area contributed by atoms with Crippen LogP contribution < -0.4 is 10.4 Å². The van der Waals surface area contributed by atoms with Gasteiger partial charge in [0.2, 0.25) is 0 Å². The van der Waals surface area contributed by atoms with Crippen molar-refractivity contribution in [1.29, 1.82) is 0 Å². The second-order valence-electron chi connectivity index (χ2n) is 8.39. The molecule has 2 aromatic carbocycles. The molecule has 9 nitrogen and oxygen atoms in total. The van der Waals surface area contributed by atoms with Gasteiger partial charge in [-0.2, -0.15) is 19.0 Å². The third-order valence-corrected chi connectivity index (χ3v) is 5.88. The zero-order valence-electron chi connectivity index (χ0n) is 19.6. The highest BCUT2D eigenvalue weighted by Crippen LogP contribution is 2.36. The Bertz CT molecular complexity index is 1440. The van der Waals surface area contributed by atoms with Gasteiger partial charge in [0.15, 0.2) is 6.61 Å². The van der Waals surface area contributed by atoms with Crippen molar-refractivity contribution in [2.24, 2.45) is 0 Å². The Hall–Kier alpha value is -4.14. The fraction of sp³-hybridized carbons (Fsp3) is 0.304. The Balaban J connectivity index is 1.64. The topological polar surface area (TPSA) is 100.0 Å². The van der Waals surface area contributed by atoms with Crippen LogP contribution in [0.4, 0.5) is 26.3 Å². The highest BCUT2D eigenvalue weighted by Gasteiger charge is 2.42. The fourth-order valence-electron chi connectivity index (χ4n) is 3.75. The molecule has 0 bridgehead atoms. The summed E-state index contributed by atoms with van der Waals surface area (Å²) in [6.07, 6.45) is -0.327. The summed E-state index contributed by atoms with van der Waals surface area (Å²) in [7, 11) is 0. The Labute approximate surface area is 210 Å². The number of hydrogen-bond acceptors (Lipinski definition) is 6. The van der Waals surface area contributed by atoms with Gasteiger partial charge in [0, 0.05) is 11.6 Å². The number of aromatic nitrogens is 6. The monoisotopic (exact) mass is 542 g/mol. The molecule has 0 aliphatic carbocycles. The predicted molar refractivity (Wildman–Crippen MR) is 119 cm³/mol. The van der Waals surface area contributed by atoms with Gasteiger partial charge < -0.3 is 9.84 Å². The lowest BCUT2D eigenvalue weighted by Crippen LogP contribution is -2.44. The van der Waals surface area contributed by atoms with E-state index in [4.69, 9.17) is 4.74 Å². The van der Waals surface area contributed by atoms with Crippen molar-refractivity contribution in [2.45, 2.75) is 37.5 Å². The molecule has 4 aromatic rings. The zero-order chi connectivity index (χ0) is 27.7. The van der Waals surface area contributed by atoms with Crippen LogP contribution >= 0.6 is 0 Å². The molecule has 2 heterocycles. The molecule has 0 spiro atoms. The van der Waals surface area contributed by atoms with Crippen LogP contribution in [0.3, 0.4) is 0 Å². The van der Waals surface area contributed by atoms with Crippen LogP contribution in [0.15, 0.2) is 66.2 Å². The van der Waals surface area contributed by atoms with E-state index in [0.717, 1.165) is 27.7 Å². The summed E-state index contributed by atoms with van der Waals surface area (Å²) in [4.78, 5) is 17.0. The summed E-state index contributed by atoms with van der Waals surface area (Å²) < 4.78 is 87.0. The second-order valence-corrected chi connectivity index (χ2v) is 8.39. The Morgan fingerprint density at radius 1 is 1.05 bits per heavy atom. The number of ether oxygens (including phenoxy) is 1. The van der Waals surface area contributed by atoms with Gasteiger partial charge in [0.1, 0.15) is 42.0 Å². The molecule has 0 unspecified atom stereocenters. The van der Waals surface area contributed by atoms with Gasteiger partial charge in [-0.1, -0.05) is 6.07 Å². The maximum atomic E-state index is 14.8. The Morgan fingerprint density at radius 2 is 1.76 bits per heavy atom. The first-order valence-electron chi connectivity index (χ1n) is 11.0. The summed E-state index contributed by atoms with van der Waals surface area (Å²) >= 11 is 0. The quantitative estimate of drug-likeness (QED) is 0.309. The number of aliphatic hydroxyl groups is 1. The predicted octanol–water partition coefficient (Wildman–Crippen LogP) is 3.33. The van der Waals surface area contributed by atoms with Crippen LogP contribution in [0.25, 0.3) is 5.69 Å². The Kier molecular flexibility index (Phi) is 7.31. The number of halogens is 6. The SMILES string of the molecule is C[C@@H](n1ncn(-c2ccc(OCC(F)(F)C(F)F)cc2)c1=O)[C@](O)(Cn1cncn1)c1ccc(F)cc1F. The van der Waals surface area contributed by atoms with Crippen molar-refractivity contribution in [3.05, 3.63) is 89.1 Å². The van der Waals surface area contributed by atoms with Crippen molar-refractivity contribution < 1.29 is 36.2 Å². The smallest absolute Gasteiger partial charge is 0.350 e. The van der Waals surface area contributed by atoms with Gasteiger partial charge in [-0.15, -0.1) is 0 Å². The molecule has 15 heteroatoms. The molecule has 0 fully saturated rings. The highest BCUT2D eigenvalue weighted by atomic mass is 19.3. The number of rotatable bonds is 10. The third kappa shape index (κ3) is 5.27. The zero-order valence-corrected chi connectivity index (χ0v) is 19.6. The Morgan fingerprint density at radius 3 is 2.37 bits per heavy atom. The maximum absolute atomic E-state index is 14.8. The lowest BCUT2D eigenvalue weighted by molar-refractivity contribution is -0.148. The van der Waals surface area contributed by atoms with Crippen molar-refractivity contribution in [3.63, 3.8) is 0 Å². The molecular weight excluding hydrogens is 522 g/mol. The maximum Gasteiger partial charge on any atom is 0.350 e. The van der Waals surface area contributed by atoms with Crippen LogP contribution in [0, 0.1) is 11.6 Å². The number of nitrogens with zero attached hydrogens (tertiary/aromatic N) is 6. The van der Waals surface area contributed by atoms with Crippen LogP contribution in [-0.4, -0.2) is 53.2 Å². The summed E-state index contributed by atoms with van der Waals surface area (Å²) in [6.45, 7) is -0.506. The number of alkyl halides is 4. The van der Waals surface area contributed by atoms with Crippen molar-refractivity contribution >= 4 is 0 Å². The van der Waals surface area contributed by atoms with E-state index in [1.165, 1.54) is 48.5 Å². The van der Waals surface area contributed by atoms with Crippen molar-refractivity contribution in [2.75, 3.05) is 6.61 Å². The molecule has 2 atom stereocenters. The summed E-state index contributed by atoms with van der Waals surface area (Å²) in [5.41, 5.74) is -3.03. The summed E-state index contributed by atoms with van der Waals surface area (Å²) in [5, 5.41) is 19.6. The molecule has 0 aliphatic rings.